The second-order valence-corrected chi connectivity index (χ2v) is 6.63. The van der Waals surface area contributed by atoms with Gasteiger partial charge in [0.25, 0.3) is 0 Å². The second-order valence-electron chi connectivity index (χ2n) is 6.63. The van der Waals surface area contributed by atoms with Crippen LogP contribution in [-0.4, -0.2) is 37.0 Å². The normalized spacial score (nSPS) is 27.8. The number of carbonyl (C=O) groups is 1. The van der Waals surface area contributed by atoms with Crippen LogP contribution >= 0.6 is 0 Å². The number of ether oxygens (including phenoxy) is 4. The van der Waals surface area contributed by atoms with Crippen molar-refractivity contribution in [3.63, 3.8) is 0 Å². The van der Waals surface area contributed by atoms with Crippen molar-refractivity contribution in [3.05, 3.63) is 71.8 Å². The molecule has 2 saturated heterocycles. The Bertz CT molecular complexity index is 718. The molecule has 2 heterocycles. The van der Waals surface area contributed by atoms with Gasteiger partial charge in [-0.1, -0.05) is 60.7 Å². The minimum absolute atomic E-state index is 0.224. The van der Waals surface area contributed by atoms with E-state index in [1.807, 2.05) is 60.7 Å². The van der Waals surface area contributed by atoms with Gasteiger partial charge in [0.2, 0.25) is 0 Å². The summed E-state index contributed by atoms with van der Waals surface area (Å²) in [5.74, 6) is -0.257. The number of hydrogen-bond acceptors (Lipinski definition) is 5. The molecule has 4 unspecified atom stereocenters. The molecule has 0 aromatic heterocycles. The fraction of sp³-hybridized carbons (Fsp3) is 0.381. The van der Waals surface area contributed by atoms with Crippen LogP contribution in [0.3, 0.4) is 0 Å². The number of esters is 1. The van der Waals surface area contributed by atoms with E-state index in [1.54, 1.807) is 0 Å². The third-order valence-electron chi connectivity index (χ3n) is 4.76. The van der Waals surface area contributed by atoms with Crippen molar-refractivity contribution in [3.8, 4) is 0 Å². The van der Waals surface area contributed by atoms with Gasteiger partial charge in [-0.3, -0.25) is 4.79 Å². The van der Waals surface area contributed by atoms with Crippen LogP contribution in [-0.2, 0) is 37.0 Å². The van der Waals surface area contributed by atoms with Gasteiger partial charge in [-0.15, -0.1) is 0 Å². The maximum Gasteiger partial charge on any atom is 0.308 e. The molecule has 2 aromatic carbocycles. The Balaban J connectivity index is 1.42. The molecule has 136 valence electrons. The average Bonchev–Trinajstić information content (AvgIpc) is 2.67. The van der Waals surface area contributed by atoms with E-state index in [4.69, 9.17) is 18.9 Å². The first-order valence-electron chi connectivity index (χ1n) is 8.92. The van der Waals surface area contributed by atoms with Crippen molar-refractivity contribution in [1.82, 2.24) is 0 Å². The molecule has 2 fully saturated rings. The Morgan fingerprint density at radius 1 is 0.885 bits per heavy atom. The molecule has 5 heteroatoms. The lowest BCUT2D eigenvalue weighted by Gasteiger charge is -2.44. The van der Waals surface area contributed by atoms with E-state index >= 15 is 0 Å². The molecule has 5 nitrogen and oxygen atoms in total. The average molecular weight is 354 g/mol. The fourth-order valence-corrected chi connectivity index (χ4v) is 3.40. The van der Waals surface area contributed by atoms with E-state index in [0.717, 1.165) is 11.1 Å². The summed E-state index contributed by atoms with van der Waals surface area (Å²) in [5, 5.41) is 0. The molecule has 2 aromatic rings. The number of carbonyl (C=O) groups excluding carboxylic acids is 1. The Morgan fingerprint density at radius 2 is 1.50 bits per heavy atom. The number of fused-ring (bicyclic) bond motifs is 2. The zero-order chi connectivity index (χ0) is 17.8. The van der Waals surface area contributed by atoms with Crippen LogP contribution in [0.2, 0.25) is 0 Å². The molecule has 0 N–H and O–H groups in total. The quantitative estimate of drug-likeness (QED) is 0.747. The van der Waals surface area contributed by atoms with Crippen molar-refractivity contribution in [1.29, 1.82) is 0 Å². The Hall–Kier alpha value is -2.21. The summed E-state index contributed by atoms with van der Waals surface area (Å²) in [5.41, 5.74) is 2.14. The molecule has 0 spiro atoms. The molecule has 0 radical (unpaired) electrons. The molecule has 0 amide bonds. The van der Waals surface area contributed by atoms with Crippen LogP contribution < -0.4 is 0 Å². The highest BCUT2D eigenvalue weighted by Gasteiger charge is 2.48. The van der Waals surface area contributed by atoms with Crippen molar-refractivity contribution < 1.29 is 23.7 Å². The Morgan fingerprint density at radius 3 is 2.15 bits per heavy atom. The standard InChI is InChI=1S/C21H22O5/c22-19-11-17-20(25-13-16-9-5-2-6-10-16)21(26-19)18(14-24-17)23-12-15-7-3-1-4-8-15/h1-10,17-18,20-21H,11-14H2. The SMILES string of the molecule is O=C1CC2OCC(OCc3ccccc3)C(O1)C2OCc1ccccc1. The van der Waals surface area contributed by atoms with Crippen LogP contribution in [0.15, 0.2) is 60.7 Å². The molecule has 26 heavy (non-hydrogen) atoms. The predicted octanol–water partition coefficient (Wildman–Crippen LogP) is 2.87. The van der Waals surface area contributed by atoms with Gasteiger partial charge in [0, 0.05) is 0 Å². The minimum atomic E-state index is -0.442. The summed E-state index contributed by atoms with van der Waals surface area (Å²) in [6.07, 6.45) is -1.15. The summed E-state index contributed by atoms with van der Waals surface area (Å²) in [7, 11) is 0. The molecule has 0 saturated carbocycles. The lowest BCUT2D eigenvalue weighted by atomic mass is 9.94. The van der Waals surface area contributed by atoms with E-state index in [0.29, 0.717) is 19.8 Å². The maximum atomic E-state index is 11.9. The summed E-state index contributed by atoms with van der Waals surface area (Å²) in [4.78, 5) is 11.9. The summed E-state index contributed by atoms with van der Waals surface area (Å²) >= 11 is 0. The maximum absolute atomic E-state index is 11.9. The van der Waals surface area contributed by atoms with Crippen LogP contribution in [0, 0.1) is 0 Å². The summed E-state index contributed by atoms with van der Waals surface area (Å²) in [6, 6.07) is 19.9. The van der Waals surface area contributed by atoms with Crippen LogP contribution in [0.25, 0.3) is 0 Å². The smallest absolute Gasteiger partial charge is 0.308 e. The first-order chi connectivity index (χ1) is 12.8. The molecular formula is C21H22O5. The van der Waals surface area contributed by atoms with Gasteiger partial charge in [0.05, 0.1) is 32.3 Å². The number of benzene rings is 2. The van der Waals surface area contributed by atoms with E-state index < -0.39 is 6.10 Å². The minimum Gasteiger partial charge on any atom is -0.457 e. The van der Waals surface area contributed by atoms with Gasteiger partial charge in [-0.2, -0.15) is 0 Å². The Kier molecular flexibility index (Phi) is 5.29. The molecule has 0 aliphatic carbocycles. The van der Waals surface area contributed by atoms with E-state index in [1.165, 1.54) is 0 Å². The van der Waals surface area contributed by atoms with Crippen molar-refractivity contribution >= 4 is 5.97 Å². The third-order valence-corrected chi connectivity index (χ3v) is 4.76. The molecule has 2 bridgehead atoms. The van der Waals surface area contributed by atoms with Gasteiger partial charge in [-0.25, -0.2) is 0 Å². The van der Waals surface area contributed by atoms with E-state index in [9.17, 15) is 4.79 Å². The lowest BCUT2D eigenvalue weighted by Crippen LogP contribution is -2.60. The topological polar surface area (TPSA) is 54.0 Å². The van der Waals surface area contributed by atoms with Gasteiger partial charge in [0.15, 0.2) is 6.10 Å². The second kappa shape index (κ2) is 7.99. The van der Waals surface area contributed by atoms with Gasteiger partial charge in [-0.05, 0) is 11.1 Å². The molecular weight excluding hydrogens is 332 g/mol. The molecule has 2 aliphatic rings. The van der Waals surface area contributed by atoms with E-state index in [2.05, 4.69) is 0 Å². The third kappa shape index (κ3) is 3.96. The van der Waals surface area contributed by atoms with Gasteiger partial charge >= 0.3 is 5.97 Å². The highest BCUT2D eigenvalue weighted by molar-refractivity contribution is 5.71. The highest BCUT2D eigenvalue weighted by Crippen LogP contribution is 2.31. The first kappa shape index (κ1) is 17.2. The van der Waals surface area contributed by atoms with Gasteiger partial charge < -0.3 is 18.9 Å². The van der Waals surface area contributed by atoms with Crippen LogP contribution in [0.5, 0.6) is 0 Å². The molecule has 4 rings (SSSR count). The summed E-state index contributed by atoms with van der Waals surface area (Å²) in [6.45, 7) is 1.30. The number of rotatable bonds is 6. The zero-order valence-corrected chi connectivity index (χ0v) is 14.5. The monoisotopic (exact) mass is 354 g/mol. The van der Waals surface area contributed by atoms with Crippen LogP contribution in [0.4, 0.5) is 0 Å². The predicted molar refractivity (Wildman–Crippen MR) is 94.3 cm³/mol. The number of hydrogen-bond donors (Lipinski definition) is 0. The van der Waals surface area contributed by atoms with Crippen LogP contribution in [0.1, 0.15) is 17.5 Å². The largest absolute Gasteiger partial charge is 0.457 e. The molecule has 2 aliphatic heterocycles. The summed E-state index contributed by atoms with van der Waals surface area (Å²) < 4.78 is 23.5. The fourth-order valence-electron chi connectivity index (χ4n) is 3.40. The van der Waals surface area contributed by atoms with Crippen molar-refractivity contribution in [2.24, 2.45) is 0 Å². The van der Waals surface area contributed by atoms with Gasteiger partial charge in [0.1, 0.15) is 12.2 Å². The Labute approximate surface area is 152 Å². The zero-order valence-electron chi connectivity index (χ0n) is 14.5. The van der Waals surface area contributed by atoms with Crippen molar-refractivity contribution in [2.75, 3.05) is 6.61 Å². The van der Waals surface area contributed by atoms with Crippen molar-refractivity contribution in [2.45, 2.75) is 44.1 Å². The lowest BCUT2D eigenvalue weighted by molar-refractivity contribution is -0.253. The van der Waals surface area contributed by atoms with E-state index in [-0.39, 0.29) is 30.7 Å². The highest BCUT2D eigenvalue weighted by atomic mass is 16.6. The first-order valence-corrected chi connectivity index (χ1v) is 8.92. The molecule has 4 atom stereocenters.